The van der Waals surface area contributed by atoms with Crippen molar-refractivity contribution in [3.63, 3.8) is 0 Å². The molecule has 3 heterocycles. The molecule has 1 fully saturated rings. The van der Waals surface area contributed by atoms with Crippen molar-refractivity contribution >= 4 is 5.91 Å². The maximum absolute atomic E-state index is 13.0. The van der Waals surface area contributed by atoms with E-state index in [1.165, 1.54) is 24.3 Å². The molecule has 1 saturated heterocycles. The Morgan fingerprint density at radius 1 is 1.11 bits per heavy atom. The van der Waals surface area contributed by atoms with Crippen LogP contribution in [0.25, 0.3) is 0 Å². The summed E-state index contributed by atoms with van der Waals surface area (Å²) in [5, 5.41) is 20.0. The summed E-state index contributed by atoms with van der Waals surface area (Å²) < 4.78 is 39.1. The van der Waals surface area contributed by atoms with E-state index in [9.17, 15) is 18.0 Å². The summed E-state index contributed by atoms with van der Waals surface area (Å²) in [5.41, 5.74) is -2.21. The summed E-state index contributed by atoms with van der Waals surface area (Å²) in [5.74, 6) is 0.367. The molecule has 142 valence electrons. The van der Waals surface area contributed by atoms with Crippen LogP contribution in [0.15, 0.2) is 34.5 Å². The van der Waals surface area contributed by atoms with Crippen LogP contribution in [0.4, 0.5) is 13.2 Å². The molecule has 1 aromatic carbocycles. The van der Waals surface area contributed by atoms with Gasteiger partial charge >= 0.3 is 11.8 Å². The van der Waals surface area contributed by atoms with Crippen molar-refractivity contribution < 1.29 is 18.0 Å². The number of alkyl halides is 3. The normalized spacial score (nSPS) is 19.3. The van der Waals surface area contributed by atoms with E-state index in [4.69, 9.17) is 0 Å². The molecule has 0 atom stereocenters. The molecule has 1 N–H and O–H groups in total. The number of carbonyl (C=O) groups is 1. The highest BCUT2D eigenvalue weighted by Gasteiger charge is 2.65. The molecule has 2 aliphatic rings. The third-order valence-corrected chi connectivity index (χ3v) is 4.64. The monoisotopic (exact) mass is 380 g/mol. The Labute approximate surface area is 151 Å². The van der Waals surface area contributed by atoms with Crippen LogP contribution in [0.3, 0.4) is 0 Å². The molecule has 0 unspecified atom stereocenters. The van der Waals surface area contributed by atoms with Gasteiger partial charge in [0, 0.05) is 37.3 Å². The third kappa shape index (κ3) is 3.27. The highest BCUT2D eigenvalue weighted by Crippen LogP contribution is 2.52. The van der Waals surface area contributed by atoms with E-state index in [0.29, 0.717) is 44.1 Å². The van der Waals surface area contributed by atoms with Crippen LogP contribution in [0.5, 0.6) is 0 Å². The summed E-state index contributed by atoms with van der Waals surface area (Å²) in [6.45, 7) is 2.85. The minimum absolute atomic E-state index is 0.0866. The first-order valence-electron chi connectivity index (χ1n) is 8.24. The molecule has 1 aromatic heterocycles. The number of nitrogens with one attached hydrogen (secondary N) is 1. The molecule has 9 nitrogen and oxygen atoms in total. The van der Waals surface area contributed by atoms with E-state index in [0.717, 1.165) is 0 Å². The zero-order chi connectivity index (χ0) is 19.1. The number of piperazine rings is 1. The lowest BCUT2D eigenvalue weighted by Crippen LogP contribution is -2.48. The zero-order valence-corrected chi connectivity index (χ0v) is 14.0. The van der Waals surface area contributed by atoms with Crippen molar-refractivity contribution in [3.8, 4) is 0 Å². The van der Waals surface area contributed by atoms with Crippen molar-refractivity contribution in [1.82, 2.24) is 30.4 Å². The topological polar surface area (TPSA) is 103 Å². The Hall–Kier alpha value is -2.89. The Kier molecular flexibility index (Phi) is 4.13. The van der Waals surface area contributed by atoms with Gasteiger partial charge in [0.25, 0.3) is 5.91 Å². The van der Waals surface area contributed by atoms with Gasteiger partial charge in [0.15, 0.2) is 5.82 Å². The molecule has 4 rings (SSSR count). The second kappa shape index (κ2) is 6.37. The van der Waals surface area contributed by atoms with E-state index < -0.39 is 11.8 Å². The largest absolute Gasteiger partial charge is 0.442 e. The molecule has 12 heteroatoms. The van der Waals surface area contributed by atoms with Crippen LogP contribution in [-0.2, 0) is 12.2 Å². The lowest BCUT2D eigenvalue weighted by molar-refractivity contribution is -0.166. The van der Waals surface area contributed by atoms with Crippen LogP contribution in [0, 0.1) is 0 Å². The molecule has 0 saturated carbocycles. The van der Waals surface area contributed by atoms with E-state index in [1.807, 2.05) is 0 Å². The van der Waals surface area contributed by atoms with Gasteiger partial charge in [0.05, 0.1) is 6.54 Å². The van der Waals surface area contributed by atoms with Crippen molar-refractivity contribution in [1.29, 1.82) is 0 Å². The molecule has 1 amide bonds. The minimum Gasteiger partial charge on any atom is -0.336 e. The zero-order valence-electron chi connectivity index (χ0n) is 14.0. The quantitative estimate of drug-likeness (QED) is 0.862. The van der Waals surface area contributed by atoms with Gasteiger partial charge in [-0.2, -0.15) is 18.4 Å². The maximum atomic E-state index is 13.0. The number of halogens is 3. The number of benzene rings is 1. The van der Waals surface area contributed by atoms with Crippen LogP contribution in [-0.4, -0.2) is 68.7 Å². The number of aromatic amines is 1. The highest BCUT2D eigenvalue weighted by molar-refractivity contribution is 5.94. The molecule has 2 aliphatic heterocycles. The average Bonchev–Trinajstić information content (AvgIpc) is 3.34. The molecular weight excluding hydrogens is 365 g/mol. The first kappa shape index (κ1) is 17.5. The van der Waals surface area contributed by atoms with E-state index in [1.54, 1.807) is 4.90 Å². The first-order chi connectivity index (χ1) is 12.9. The lowest BCUT2D eigenvalue weighted by atomic mass is 10.0. The number of amides is 1. The smallest absolute Gasteiger partial charge is 0.336 e. The minimum atomic E-state index is -4.58. The van der Waals surface area contributed by atoms with Gasteiger partial charge in [0.2, 0.25) is 0 Å². The standard InChI is InChI=1S/C15H15F3N8O/c16-15(17,18)14(21-22-14)11-3-1-10(2-4-11)13(27)26-7-5-25(6-8-26)9-12-19-23-24-20-12/h1-4H,5-9H2,(H,19,20,23,24). The second-order valence-electron chi connectivity index (χ2n) is 6.34. The van der Waals surface area contributed by atoms with Gasteiger partial charge in [-0.25, -0.2) is 0 Å². The number of aromatic nitrogens is 4. The fourth-order valence-electron chi connectivity index (χ4n) is 3.03. The van der Waals surface area contributed by atoms with E-state index in [2.05, 4.69) is 35.8 Å². The van der Waals surface area contributed by atoms with E-state index in [-0.39, 0.29) is 11.5 Å². The average molecular weight is 380 g/mol. The number of hydrogen-bond acceptors (Lipinski definition) is 7. The highest BCUT2D eigenvalue weighted by atomic mass is 19.4. The second-order valence-corrected chi connectivity index (χ2v) is 6.34. The predicted octanol–water partition coefficient (Wildman–Crippen LogP) is 1.34. The summed E-state index contributed by atoms with van der Waals surface area (Å²) in [7, 11) is 0. The van der Waals surface area contributed by atoms with Crippen LogP contribution in [0.2, 0.25) is 0 Å². The van der Waals surface area contributed by atoms with Gasteiger partial charge in [-0.15, -0.1) is 20.4 Å². The number of carbonyl (C=O) groups excluding carboxylic acids is 1. The summed E-state index contributed by atoms with van der Waals surface area (Å²) in [6, 6.07) is 5.29. The van der Waals surface area contributed by atoms with Crippen LogP contribution < -0.4 is 0 Å². The van der Waals surface area contributed by atoms with Crippen LogP contribution in [0.1, 0.15) is 21.7 Å². The number of H-pyrrole nitrogens is 1. The number of nitrogens with zero attached hydrogens (tertiary/aromatic N) is 7. The fourth-order valence-corrected chi connectivity index (χ4v) is 3.03. The van der Waals surface area contributed by atoms with Crippen molar-refractivity contribution in [2.45, 2.75) is 18.4 Å². The number of rotatable bonds is 4. The molecular formula is C15H15F3N8O. The van der Waals surface area contributed by atoms with Gasteiger partial charge in [-0.05, 0) is 12.1 Å². The van der Waals surface area contributed by atoms with Crippen molar-refractivity contribution in [2.24, 2.45) is 10.2 Å². The molecule has 0 spiro atoms. The van der Waals surface area contributed by atoms with Gasteiger partial charge in [-0.3, -0.25) is 9.69 Å². The Morgan fingerprint density at radius 2 is 1.78 bits per heavy atom. The van der Waals surface area contributed by atoms with E-state index >= 15 is 0 Å². The summed E-state index contributed by atoms with van der Waals surface area (Å²) in [6.07, 6.45) is -4.58. The predicted molar refractivity (Wildman–Crippen MR) is 84.4 cm³/mol. The molecule has 27 heavy (non-hydrogen) atoms. The fraction of sp³-hybridized carbons (Fsp3) is 0.467. The summed E-state index contributed by atoms with van der Waals surface area (Å²) in [4.78, 5) is 16.4. The third-order valence-electron chi connectivity index (χ3n) is 4.64. The molecule has 0 aliphatic carbocycles. The maximum Gasteiger partial charge on any atom is 0.442 e. The van der Waals surface area contributed by atoms with Crippen molar-refractivity contribution in [2.75, 3.05) is 26.2 Å². The SMILES string of the molecule is O=C(c1ccc(C2(C(F)(F)F)N=N2)cc1)N1CCN(Cc2nn[nH]n2)CC1. The molecule has 0 bridgehead atoms. The van der Waals surface area contributed by atoms with Gasteiger partial charge in [0.1, 0.15) is 0 Å². The number of tetrazole rings is 1. The summed E-state index contributed by atoms with van der Waals surface area (Å²) >= 11 is 0. The Balaban J connectivity index is 1.36. The van der Waals surface area contributed by atoms with Gasteiger partial charge in [-0.1, -0.05) is 17.3 Å². The van der Waals surface area contributed by atoms with Crippen molar-refractivity contribution in [3.05, 3.63) is 41.2 Å². The first-order valence-corrected chi connectivity index (χ1v) is 8.24. The van der Waals surface area contributed by atoms with Crippen LogP contribution >= 0.6 is 0 Å². The molecule has 2 aromatic rings. The lowest BCUT2D eigenvalue weighted by Gasteiger charge is -2.34. The Morgan fingerprint density at radius 3 is 2.30 bits per heavy atom. The molecule has 0 radical (unpaired) electrons. The Bertz CT molecular complexity index is 835. The number of hydrogen-bond donors (Lipinski definition) is 1. The van der Waals surface area contributed by atoms with Gasteiger partial charge < -0.3 is 4.90 Å².